The first-order valence-corrected chi connectivity index (χ1v) is 5.82. The zero-order valence-electron chi connectivity index (χ0n) is 10.9. The molecule has 0 unspecified atom stereocenters. The van der Waals surface area contributed by atoms with Gasteiger partial charge in [0.25, 0.3) is 0 Å². The zero-order valence-corrected chi connectivity index (χ0v) is 10.9. The van der Waals surface area contributed by atoms with Gasteiger partial charge in [-0.15, -0.1) is 0 Å². The topological polar surface area (TPSA) is 35.5 Å². The van der Waals surface area contributed by atoms with E-state index in [1.165, 1.54) is 0 Å². The Morgan fingerprint density at radius 2 is 1.76 bits per heavy atom. The molecule has 94 valence electrons. The lowest BCUT2D eigenvalue weighted by Gasteiger charge is -2.18. The number of carbonyl (C=O) groups excluding carboxylic acids is 1. The largest absolute Gasteiger partial charge is 0.494 e. The number of rotatable bonds is 5. The molecule has 0 saturated carbocycles. The quantitative estimate of drug-likeness (QED) is 0.737. The maximum atomic E-state index is 11.8. The van der Waals surface area contributed by atoms with Gasteiger partial charge in [-0.3, -0.25) is 4.79 Å². The summed E-state index contributed by atoms with van der Waals surface area (Å²) in [6.45, 7) is 8.45. The molecule has 0 bridgehead atoms. The molecule has 0 heterocycles. The molecule has 1 rings (SSSR count). The van der Waals surface area contributed by atoms with Crippen LogP contribution in [0.15, 0.2) is 24.3 Å². The molecule has 0 aliphatic rings. The molecule has 0 atom stereocenters. The van der Waals surface area contributed by atoms with Crippen LogP contribution in [-0.2, 0) is 4.74 Å². The third-order valence-corrected chi connectivity index (χ3v) is 2.12. The van der Waals surface area contributed by atoms with Crippen LogP contribution in [0.5, 0.6) is 5.75 Å². The molecule has 0 amide bonds. The van der Waals surface area contributed by atoms with E-state index in [1.54, 1.807) is 24.3 Å². The number of ether oxygens (including phenoxy) is 2. The molecule has 1 aromatic rings. The van der Waals surface area contributed by atoms with Gasteiger partial charge >= 0.3 is 0 Å². The van der Waals surface area contributed by atoms with Crippen molar-refractivity contribution in [2.75, 3.05) is 13.2 Å². The highest BCUT2D eigenvalue weighted by Crippen LogP contribution is 2.14. The van der Waals surface area contributed by atoms with Crippen molar-refractivity contribution in [3.8, 4) is 5.75 Å². The lowest BCUT2D eigenvalue weighted by molar-refractivity contribution is 0.00306. The minimum atomic E-state index is -0.291. The predicted molar refractivity (Wildman–Crippen MR) is 67.6 cm³/mol. The minimum Gasteiger partial charge on any atom is -0.494 e. The molecular weight excluding hydrogens is 216 g/mol. The van der Waals surface area contributed by atoms with Gasteiger partial charge in [-0.1, -0.05) is 0 Å². The summed E-state index contributed by atoms with van der Waals surface area (Å²) in [7, 11) is 0. The van der Waals surface area contributed by atoms with Crippen LogP contribution in [0.1, 0.15) is 38.1 Å². The standard InChI is InChI=1S/C14H20O3/c1-5-16-12-8-6-11(7-9-12)13(15)10-17-14(2,3)4/h6-9H,5,10H2,1-4H3. The molecule has 0 aliphatic carbocycles. The fraction of sp³-hybridized carbons (Fsp3) is 0.500. The second kappa shape index (κ2) is 5.82. The number of Topliss-reactive ketones (excluding diaryl/α,β-unsaturated/α-hetero) is 1. The van der Waals surface area contributed by atoms with Crippen molar-refractivity contribution < 1.29 is 14.3 Å². The average molecular weight is 236 g/mol. The van der Waals surface area contributed by atoms with Gasteiger partial charge in [0.2, 0.25) is 0 Å². The molecule has 0 spiro atoms. The van der Waals surface area contributed by atoms with Crippen LogP contribution >= 0.6 is 0 Å². The van der Waals surface area contributed by atoms with Crippen LogP contribution in [0, 0.1) is 0 Å². The van der Waals surface area contributed by atoms with Crippen molar-refractivity contribution >= 4 is 5.78 Å². The molecule has 0 aliphatic heterocycles. The number of hydrogen-bond acceptors (Lipinski definition) is 3. The monoisotopic (exact) mass is 236 g/mol. The van der Waals surface area contributed by atoms with Crippen molar-refractivity contribution in [3.05, 3.63) is 29.8 Å². The molecule has 3 nitrogen and oxygen atoms in total. The number of ketones is 1. The predicted octanol–water partition coefficient (Wildman–Crippen LogP) is 3.08. The first-order chi connectivity index (χ1) is 7.92. The zero-order chi connectivity index (χ0) is 12.9. The summed E-state index contributed by atoms with van der Waals surface area (Å²) in [6.07, 6.45) is 0. The van der Waals surface area contributed by atoms with Gasteiger partial charge in [0.1, 0.15) is 12.4 Å². The van der Waals surface area contributed by atoms with E-state index in [-0.39, 0.29) is 18.0 Å². The van der Waals surface area contributed by atoms with Crippen LogP contribution in [0.25, 0.3) is 0 Å². The van der Waals surface area contributed by atoms with Crippen molar-refractivity contribution in [2.24, 2.45) is 0 Å². The van der Waals surface area contributed by atoms with E-state index in [1.807, 2.05) is 27.7 Å². The molecule has 17 heavy (non-hydrogen) atoms. The first-order valence-electron chi connectivity index (χ1n) is 5.82. The van der Waals surface area contributed by atoms with Gasteiger partial charge in [0.05, 0.1) is 12.2 Å². The molecule has 0 aromatic heterocycles. The van der Waals surface area contributed by atoms with Crippen LogP contribution < -0.4 is 4.74 Å². The van der Waals surface area contributed by atoms with Gasteiger partial charge in [-0.05, 0) is 52.0 Å². The molecule has 3 heteroatoms. The third-order valence-electron chi connectivity index (χ3n) is 2.12. The Hall–Kier alpha value is -1.35. The lowest BCUT2D eigenvalue weighted by Crippen LogP contribution is -2.23. The summed E-state index contributed by atoms with van der Waals surface area (Å²) in [5.41, 5.74) is 0.360. The second-order valence-electron chi connectivity index (χ2n) is 4.78. The summed E-state index contributed by atoms with van der Waals surface area (Å²) < 4.78 is 10.8. The third kappa shape index (κ3) is 5.00. The SMILES string of the molecule is CCOc1ccc(C(=O)COC(C)(C)C)cc1. The average Bonchev–Trinajstić information content (AvgIpc) is 2.26. The van der Waals surface area contributed by atoms with Gasteiger partial charge in [0, 0.05) is 5.56 Å². The lowest BCUT2D eigenvalue weighted by atomic mass is 10.1. The van der Waals surface area contributed by atoms with Crippen molar-refractivity contribution in [2.45, 2.75) is 33.3 Å². The van der Waals surface area contributed by atoms with Crippen molar-refractivity contribution in [3.63, 3.8) is 0 Å². The summed E-state index contributed by atoms with van der Waals surface area (Å²) in [5, 5.41) is 0. The van der Waals surface area contributed by atoms with E-state index >= 15 is 0 Å². The smallest absolute Gasteiger partial charge is 0.188 e. The number of hydrogen-bond donors (Lipinski definition) is 0. The Bertz CT molecular complexity index is 360. The maximum absolute atomic E-state index is 11.8. The van der Waals surface area contributed by atoms with E-state index in [9.17, 15) is 4.79 Å². The second-order valence-corrected chi connectivity index (χ2v) is 4.78. The van der Waals surface area contributed by atoms with Crippen molar-refractivity contribution in [1.82, 2.24) is 0 Å². The first kappa shape index (κ1) is 13.7. The molecule has 0 fully saturated rings. The highest BCUT2D eigenvalue weighted by molar-refractivity contribution is 5.97. The molecular formula is C14H20O3. The van der Waals surface area contributed by atoms with E-state index in [2.05, 4.69) is 0 Å². The van der Waals surface area contributed by atoms with Gasteiger partial charge in [-0.2, -0.15) is 0 Å². The summed E-state index contributed by atoms with van der Waals surface area (Å²) >= 11 is 0. The van der Waals surface area contributed by atoms with E-state index in [0.717, 1.165) is 5.75 Å². The van der Waals surface area contributed by atoms with Crippen LogP contribution in [-0.4, -0.2) is 24.6 Å². The molecule has 1 aromatic carbocycles. The Balaban J connectivity index is 2.57. The summed E-state index contributed by atoms with van der Waals surface area (Å²) in [4.78, 5) is 11.8. The normalized spacial score (nSPS) is 11.3. The van der Waals surface area contributed by atoms with Crippen LogP contribution in [0.3, 0.4) is 0 Å². The summed E-state index contributed by atoms with van der Waals surface area (Å²) in [6, 6.07) is 7.13. The van der Waals surface area contributed by atoms with Crippen LogP contribution in [0.4, 0.5) is 0 Å². The molecule has 0 radical (unpaired) electrons. The molecule has 0 N–H and O–H groups in total. The minimum absolute atomic E-state index is 0.0111. The number of benzene rings is 1. The van der Waals surface area contributed by atoms with E-state index < -0.39 is 0 Å². The number of carbonyl (C=O) groups is 1. The van der Waals surface area contributed by atoms with Gasteiger partial charge in [0.15, 0.2) is 5.78 Å². The Kier molecular flexibility index (Phi) is 4.70. The maximum Gasteiger partial charge on any atom is 0.188 e. The van der Waals surface area contributed by atoms with E-state index in [4.69, 9.17) is 9.47 Å². The summed E-state index contributed by atoms with van der Waals surface area (Å²) in [5.74, 6) is 0.767. The highest BCUT2D eigenvalue weighted by Gasteiger charge is 2.14. The van der Waals surface area contributed by atoms with Crippen LogP contribution in [0.2, 0.25) is 0 Å². The van der Waals surface area contributed by atoms with Gasteiger partial charge in [-0.25, -0.2) is 0 Å². The fourth-order valence-corrected chi connectivity index (χ4v) is 1.27. The Labute approximate surface area is 103 Å². The van der Waals surface area contributed by atoms with Gasteiger partial charge < -0.3 is 9.47 Å². The Morgan fingerprint density at radius 3 is 2.24 bits per heavy atom. The highest BCUT2D eigenvalue weighted by atomic mass is 16.5. The Morgan fingerprint density at radius 1 is 1.18 bits per heavy atom. The molecule has 0 saturated heterocycles. The van der Waals surface area contributed by atoms with E-state index in [0.29, 0.717) is 12.2 Å². The fourth-order valence-electron chi connectivity index (χ4n) is 1.27. The van der Waals surface area contributed by atoms with Crippen molar-refractivity contribution in [1.29, 1.82) is 0 Å².